The fraction of sp³-hybridized carbons (Fsp3) is 0.400. The Kier molecular flexibility index (Phi) is 6.02. The number of benzene rings is 1. The molecule has 27 heavy (non-hydrogen) atoms. The fourth-order valence-corrected chi connectivity index (χ4v) is 7.09. The zero-order valence-electron chi connectivity index (χ0n) is 13.7. The number of aliphatic carboxylic acids is 1. The highest BCUT2D eigenvalue weighted by Crippen LogP contribution is 2.42. The van der Waals surface area contributed by atoms with E-state index in [0.717, 1.165) is 0 Å². The number of amides is 1. The van der Waals surface area contributed by atoms with Gasteiger partial charge in [-0.2, -0.15) is 4.99 Å². The summed E-state index contributed by atoms with van der Waals surface area (Å²) in [4.78, 5) is 28.1. The minimum Gasteiger partial charge on any atom is -0.480 e. The van der Waals surface area contributed by atoms with Crippen molar-refractivity contribution in [3.63, 3.8) is 0 Å². The topological polar surface area (TPSA) is 113 Å². The third-order valence-corrected chi connectivity index (χ3v) is 7.87. The number of amidine groups is 1. The molecule has 8 nitrogen and oxygen atoms in total. The third kappa shape index (κ3) is 4.75. The molecule has 2 fully saturated rings. The number of ether oxygens (including phenoxy) is 1. The van der Waals surface area contributed by atoms with Crippen LogP contribution in [-0.2, 0) is 24.2 Å². The molecular weight excluding hydrogens is 439 g/mol. The Hall–Kier alpha value is -1.33. The lowest BCUT2D eigenvalue weighted by Gasteiger charge is -2.24. The maximum atomic E-state index is 12.0. The molecule has 12 heteroatoms. The molecule has 1 amide bonds. The first-order valence-electron chi connectivity index (χ1n) is 7.69. The van der Waals surface area contributed by atoms with Crippen LogP contribution in [0.4, 0.5) is 5.69 Å². The van der Waals surface area contributed by atoms with Crippen molar-refractivity contribution in [1.82, 2.24) is 0 Å². The average Bonchev–Trinajstić information content (AvgIpc) is 3.00. The molecule has 2 aliphatic rings. The summed E-state index contributed by atoms with van der Waals surface area (Å²) in [5.41, 5.74) is 0.569. The molecule has 3 rings (SSSR count). The molecule has 2 aliphatic heterocycles. The number of carboxylic acids is 1. The second-order valence-electron chi connectivity index (χ2n) is 5.94. The van der Waals surface area contributed by atoms with Gasteiger partial charge in [0.15, 0.2) is 15.0 Å². The van der Waals surface area contributed by atoms with Gasteiger partial charge in [0, 0.05) is 10.9 Å². The van der Waals surface area contributed by atoms with Crippen molar-refractivity contribution >= 4 is 67.5 Å². The summed E-state index contributed by atoms with van der Waals surface area (Å²) >= 11 is 13.2. The van der Waals surface area contributed by atoms with Crippen molar-refractivity contribution < 1.29 is 27.9 Å². The first-order valence-corrected chi connectivity index (χ1v) is 11.1. The summed E-state index contributed by atoms with van der Waals surface area (Å²) in [6.07, 6.45) is 0. The van der Waals surface area contributed by atoms with Crippen LogP contribution in [0.25, 0.3) is 0 Å². The van der Waals surface area contributed by atoms with Gasteiger partial charge in [0.05, 0.1) is 27.6 Å². The van der Waals surface area contributed by atoms with Crippen LogP contribution in [0.15, 0.2) is 23.2 Å². The number of carbonyl (C=O) groups is 2. The van der Waals surface area contributed by atoms with Crippen LogP contribution >= 0.6 is 35.0 Å². The van der Waals surface area contributed by atoms with Crippen LogP contribution in [-0.4, -0.2) is 66.6 Å². The Morgan fingerprint density at radius 2 is 2.00 bits per heavy atom. The normalized spacial score (nSPS) is 25.0. The van der Waals surface area contributed by atoms with Crippen molar-refractivity contribution in [3.8, 4) is 0 Å². The molecule has 1 N–H and O–H groups in total. The summed E-state index contributed by atoms with van der Waals surface area (Å²) in [6.45, 7) is -1.09. The molecule has 0 aliphatic carbocycles. The summed E-state index contributed by atoms with van der Waals surface area (Å²) in [7, 11) is -3.19. The number of hydrogen-bond acceptors (Lipinski definition) is 6. The van der Waals surface area contributed by atoms with Crippen LogP contribution in [0, 0.1) is 0 Å². The number of fused-ring (bicyclic) bond motifs is 1. The lowest BCUT2D eigenvalue weighted by Crippen LogP contribution is -2.37. The standard InChI is InChI=1S/C15H14Cl2N2O6S2/c16-9-2-1-8(3-10(9)17)19-11-6-27(23,24)7-12(11)26-15(19)18-13(20)4-25-5-14(21)22/h1-3,11-12H,4-7H2,(H,21,22)/t11-,12-/m0/s1. The quantitative estimate of drug-likeness (QED) is 0.717. The van der Waals surface area contributed by atoms with E-state index in [2.05, 4.69) is 4.99 Å². The number of sulfone groups is 1. The minimum absolute atomic E-state index is 0.0110. The molecule has 146 valence electrons. The largest absolute Gasteiger partial charge is 0.480 e. The van der Waals surface area contributed by atoms with E-state index in [1.54, 1.807) is 23.1 Å². The van der Waals surface area contributed by atoms with E-state index in [1.165, 1.54) is 11.8 Å². The van der Waals surface area contributed by atoms with Gasteiger partial charge in [-0.05, 0) is 18.2 Å². The van der Waals surface area contributed by atoms with E-state index in [0.29, 0.717) is 20.9 Å². The van der Waals surface area contributed by atoms with E-state index in [9.17, 15) is 18.0 Å². The van der Waals surface area contributed by atoms with Crippen molar-refractivity contribution in [2.24, 2.45) is 4.99 Å². The Balaban J connectivity index is 1.88. The zero-order chi connectivity index (χ0) is 19.8. The van der Waals surface area contributed by atoms with E-state index in [-0.39, 0.29) is 22.8 Å². The molecule has 1 aromatic carbocycles. The van der Waals surface area contributed by atoms with Crippen molar-refractivity contribution in [2.45, 2.75) is 11.3 Å². The number of aliphatic imine (C=N–C) groups is 1. The Labute approximate surface area is 169 Å². The number of thioether (sulfide) groups is 1. The van der Waals surface area contributed by atoms with Crippen LogP contribution in [0.3, 0.4) is 0 Å². The maximum Gasteiger partial charge on any atom is 0.329 e. The SMILES string of the molecule is O=C(O)COCC(=O)N=C1S[C@H]2CS(=O)(=O)C[C@@H]2N1c1ccc(Cl)c(Cl)c1. The van der Waals surface area contributed by atoms with E-state index >= 15 is 0 Å². The second-order valence-corrected chi connectivity index (χ2v) is 10.1. The number of carboxylic acid groups (broad SMARTS) is 1. The van der Waals surface area contributed by atoms with Crippen LogP contribution < -0.4 is 4.90 Å². The van der Waals surface area contributed by atoms with Gasteiger partial charge in [-0.25, -0.2) is 13.2 Å². The summed E-state index contributed by atoms with van der Waals surface area (Å²) in [5.74, 6) is -1.93. The zero-order valence-corrected chi connectivity index (χ0v) is 16.8. The molecule has 2 atom stereocenters. The minimum atomic E-state index is -3.19. The van der Waals surface area contributed by atoms with Gasteiger partial charge in [0.25, 0.3) is 5.91 Å². The maximum absolute atomic E-state index is 12.0. The van der Waals surface area contributed by atoms with Gasteiger partial charge in [-0.15, -0.1) is 0 Å². The smallest absolute Gasteiger partial charge is 0.329 e. The molecule has 0 spiro atoms. The second kappa shape index (κ2) is 7.96. The van der Waals surface area contributed by atoms with Crippen molar-refractivity contribution in [3.05, 3.63) is 28.2 Å². The first-order chi connectivity index (χ1) is 12.7. The van der Waals surface area contributed by atoms with Crippen LogP contribution in [0.2, 0.25) is 10.0 Å². The number of carbonyl (C=O) groups excluding carboxylic acids is 1. The van der Waals surface area contributed by atoms with Gasteiger partial charge in [0.2, 0.25) is 0 Å². The Bertz CT molecular complexity index is 921. The highest BCUT2D eigenvalue weighted by atomic mass is 35.5. The van der Waals surface area contributed by atoms with Gasteiger partial charge in [0.1, 0.15) is 13.2 Å². The van der Waals surface area contributed by atoms with E-state index in [1.807, 2.05) is 0 Å². The van der Waals surface area contributed by atoms with E-state index < -0.39 is 34.9 Å². The number of halogens is 2. The monoisotopic (exact) mass is 452 g/mol. The molecule has 0 saturated carbocycles. The summed E-state index contributed by atoms with van der Waals surface area (Å²) in [5, 5.41) is 9.23. The van der Waals surface area contributed by atoms with Gasteiger partial charge >= 0.3 is 5.97 Å². The average molecular weight is 453 g/mol. The van der Waals surface area contributed by atoms with Gasteiger partial charge in [-0.1, -0.05) is 35.0 Å². The molecule has 2 heterocycles. The molecule has 0 unspecified atom stereocenters. The fourth-order valence-electron chi connectivity index (χ4n) is 2.87. The molecule has 0 bridgehead atoms. The first kappa shape index (κ1) is 20.4. The molecular formula is C15H14Cl2N2O6S2. The predicted octanol–water partition coefficient (Wildman–Crippen LogP) is 1.70. The summed E-state index contributed by atoms with van der Waals surface area (Å²) < 4.78 is 28.8. The molecule has 0 aromatic heterocycles. The number of rotatable bonds is 5. The lowest BCUT2D eigenvalue weighted by atomic mass is 10.2. The van der Waals surface area contributed by atoms with Crippen molar-refractivity contribution in [2.75, 3.05) is 29.6 Å². The third-order valence-electron chi connectivity index (χ3n) is 3.92. The van der Waals surface area contributed by atoms with Crippen LogP contribution in [0.5, 0.6) is 0 Å². The Morgan fingerprint density at radius 1 is 1.26 bits per heavy atom. The summed E-state index contributed by atoms with van der Waals surface area (Å²) in [6, 6.07) is 4.45. The van der Waals surface area contributed by atoms with Gasteiger partial charge in [-0.3, -0.25) is 4.79 Å². The highest BCUT2D eigenvalue weighted by Gasteiger charge is 2.49. The van der Waals surface area contributed by atoms with Gasteiger partial charge < -0.3 is 14.7 Å². The number of nitrogens with zero attached hydrogens (tertiary/aromatic N) is 2. The van der Waals surface area contributed by atoms with Crippen molar-refractivity contribution in [1.29, 1.82) is 0 Å². The number of anilines is 1. The lowest BCUT2D eigenvalue weighted by molar-refractivity contribution is -0.143. The number of hydrogen-bond donors (Lipinski definition) is 1. The molecule has 1 aromatic rings. The molecule has 2 saturated heterocycles. The molecule has 0 radical (unpaired) electrons. The Morgan fingerprint density at radius 3 is 2.67 bits per heavy atom. The van der Waals surface area contributed by atoms with E-state index in [4.69, 9.17) is 33.0 Å². The van der Waals surface area contributed by atoms with Crippen LogP contribution in [0.1, 0.15) is 0 Å². The highest BCUT2D eigenvalue weighted by molar-refractivity contribution is 8.16. The predicted molar refractivity (Wildman–Crippen MR) is 104 cm³/mol.